The monoisotopic (exact) mass is 623 g/mol. The first-order chi connectivity index (χ1) is 22.2. The molecule has 2 aromatic carbocycles. The number of anilines is 3. The number of nitrogens with one attached hydrogen (secondary N) is 2. The number of piperazine rings is 1. The molecule has 2 aliphatic heterocycles. The molecule has 244 valence electrons. The molecule has 0 radical (unpaired) electrons. The molecule has 0 bridgehead atoms. The first-order valence-corrected chi connectivity index (χ1v) is 16.8. The Labute approximate surface area is 274 Å². The van der Waals surface area contributed by atoms with Crippen LogP contribution >= 0.6 is 0 Å². The van der Waals surface area contributed by atoms with Crippen LogP contribution < -0.4 is 25.3 Å². The van der Waals surface area contributed by atoms with E-state index in [1.54, 1.807) is 6.20 Å². The second-order valence-corrected chi connectivity index (χ2v) is 13.6. The summed E-state index contributed by atoms with van der Waals surface area (Å²) in [6.45, 7) is 9.19. The molecule has 2 saturated heterocycles. The van der Waals surface area contributed by atoms with Crippen molar-refractivity contribution in [2.24, 2.45) is 5.92 Å². The number of likely N-dealkylation sites (N-methyl/N-ethyl adjacent to an activating group) is 1. The standard InChI is InChI=1S/C37H49N7O2/c1-25-32(9-6-10-33(25)41(3)4)37(46)40-30-22-28-8-7-17-44(34(28)23-30)35-16-13-29(24-38-35)36(45)39-26(2)27-11-14-31(15-12-27)43-20-18-42(5)19-21-43/h6,9-16,24,26,28,30,34H,7-8,17-23H2,1-5H3,(H,39,45)(H,40,46)/t26-,28?,30?,34?/m0/s1. The van der Waals surface area contributed by atoms with Crippen molar-refractivity contribution in [2.45, 2.75) is 57.7 Å². The van der Waals surface area contributed by atoms with Gasteiger partial charge in [-0.3, -0.25) is 9.59 Å². The smallest absolute Gasteiger partial charge is 0.253 e. The van der Waals surface area contributed by atoms with Crippen molar-refractivity contribution in [2.75, 3.05) is 68.6 Å². The number of benzene rings is 2. The van der Waals surface area contributed by atoms with Crippen LogP contribution in [0.15, 0.2) is 60.8 Å². The highest BCUT2D eigenvalue weighted by molar-refractivity contribution is 5.97. The number of nitrogens with zero attached hydrogens (tertiary/aromatic N) is 5. The van der Waals surface area contributed by atoms with Crippen molar-refractivity contribution in [3.8, 4) is 0 Å². The van der Waals surface area contributed by atoms with Crippen LogP contribution in [-0.2, 0) is 0 Å². The Morgan fingerprint density at radius 3 is 2.39 bits per heavy atom. The highest BCUT2D eigenvalue weighted by Crippen LogP contribution is 2.39. The lowest BCUT2D eigenvalue weighted by molar-refractivity contribution is 0.0929. The van der Waals surface area contributed by atoms with Crippen LogP contribution in [0.3, 0.4) is 0 Å². The molecule has 3 fully saturated rings. The minimum Gasteiger partial charge on any atom is -0.377 e. The Kier molecular flexibility index (Phi) is 9.49. The summed E-state index contributed by atoms with van der Waals surface area (Å²) in [5, 5.41) is 6.49. The molecular weight excluding hydrogens is 574 g/mol. The number of amides is 2. The first-order valence-electron chi connectivity index (χ1n) is 16.8. The number of hydrogen-bond donors (Lipinski definition) is 2. The summed E-state index contributed by atoms with van der Waals surface area (Å²) in [6, 6.07) is 18.7. The third kappa shape index (κ3) is 6.84. The molecule has 3 aliphatic rings. The number of hydrogen-bond acceptors (Lipinski definition) is 7. The van der Waals surface area contributed by atoms with Gasteiger partial charge in [0.1, 0.15) is 5.82 Å². The molecule has 6 rings (SSSR count). The Morgan fingerprint density at radius 1 is 0.935 bits per heavy atom. The zero-order valence-corrected chi connectivity index (χ0v) is 28.0. The molecule has 3 heterocycles. The van der Waals surface area contributed by atoms with Gasteiger partial charge >= 0.3 is 0 Å². The number of rotatable bonds is 8. The van der Waals surface area contributed by atoms with Crippen molar-refractivity contribution in [1.29, 1.82) is 0 Å². The van der Waals surface area contributed by atoms with E-state index in [-0.39, 0.29) is 23.9 Å². The molecule has 1 aromatic heterocycles. The molecule has 46 heavy (non-hydrogen) atoms. The van der Waals surface area contributed by atoms with E-state index in [2.05, 4.69) is 56.6 Å². The van der Waals surface area contributed by atoms with E-state index in [0.29, 0.717) is 17.5 Å². The Morgan fingerprint density at radius 2 is 1.70 bits per heavy atom. The van der Waals surface area contributed by atoms with Gasteiger partial charge in [0.2, 0.25) is 0 Å². The Bertz CT molecular complexity index is 1520. The third-order valence-electron chi connectivity index (χ3n) is 10.3. The summed E-state index contributed by atoms with van der Waals surface area (Å²) in [5.41, 5.74) is 5.68. The zero-order valence-electron chi connectivity index (χ0n) is 28.0. The lowest BCUT2D eigenvalue weighted by Crippen LogP contribution is -2.44. The average molecular weight is 624 g/mol. The summed E-state index contributed by atoms with van der Waals surface area (Å²) in [4.78, 5) is 40.5. The predicted molar refractivity (Wildman–Crippen MR) is 186 cm³/mol. The predicted octanol–water partition coefficient (Wildman–Crippen LogP) is 4.88. The van der Waals surface area contributed by atoms with Gasteiger partial charge in [0, 0.05) is 82.0 Å². The zero-order chi connectivity index (χ0) is 32.4. The summed E-state index contributed by atoms with van der Waals surface area (Å²) in [7, 11) is 6.17. The maximum atomic E-state index is 13.3. The second kappa shape index (κ2) is 13.7. The molecule has 2 amide bonds. The molecule has 3 unspecified atom stereocenters. The van der Waals surface area contributed by atoms with Crippen LogP contribution in [-0.4, -0.2) is 87.6 Å². The van der Waals surface area contributed by atoms with Gasteiger partial charge in [0.15, 0.2) is 0 Å². The highest BCUT2D eigenvalue weighted by Gasteiger charge is 2.41. The molecule has 4 atom stereocenters. The Balaban J connectivity index is 1.05. The second-order valence-electron chi connectivity index (χ2n) is 13.6. The van der Waals surface area contributed by atoms with Crippen molar-refractivity contribution < 1.29 is 9.59 Å². The number of fused-ring (bicyclic) bond motifs is 1. The van der Waals surface area contributed by atoms with Crippen molar-refractivity contribution in [1.82, 2.24) is 20.5 Å². The number of carbonyl (C=O) groups excluding carboxylic acids is 2. The summed E-state index contributed by atoms with van der Waals surface area (Å²) in [5.74, 6) is 1.30. The fourth-order valence-corrected chi connectivity index (χ4v) is 7.60. The normalized spacial score (nSPS) is 22.2. The third-order valence-corrected chi connectivity index (χ3v) is 10.3. The van der Waals surface area contributed by atoms with Crippen LogP contribution in [0.25, 0.3) is 0 Å². The quantitative estimate of drug-likeness (QED) is 0.370. The van der Waals surface area contributed by atoms with E-state index >= 15 is 0 Å². The molecular formula is C37H49N7O2. The topological polar surface area (TPSA) is 84.0 Å². The van der Waals surface area contributed by atoms with Gasteiger partial charge in [-0.05, 0) is 100 Å². The molecule has 0 spiro atoms. The van der Waals surface area contributed by atoms with E-state index in [0.717, 1.165) is 86.6 Å². The van der Waals surface area contributed by atoms with Crippen molar-refractivity contribution in [3.05, 3.63) is 83.0 Å². The fraction of sp³-hybridized carbons (Fsp3) is 0.486. The minimum absolute atomic E-state index is 0.00471. The van der Waals surface area contributed by atoms with E-state index in [4.69, 9.17) is 4.98 Å². The Hall–Kier alpha value is -4.11. The van der Waals surface area contributed by atoms with Crippen molar-refractivity contribution in [3.63, 3.8) is 0 Å². The molecule has 2 N–H and O–H groups in total. The van der Waals surface area contributed by atoms with E-state index in [1.807, 2.05) is 63.2 Å². The number of piperidine rings is 1. The van der Waals surface area contributed by atoms with Crippen LogP contribution in [0.2, 0.25) is 0 Å². The van der Waals surface area contributed by atoms with Crippen LogP contribution in [0.4, 0.5) is 17.2 Å². The minimum atomic E-state index is -0.122. The van der Waals surface area contributed by atoms with Crippen molar-refractivity contribution >= 4 is 29.0 Å². The van der Waals surface area contributed by atoms with Gasteiger partial charge in [-0.15, -0.1) is 0 Å². The lowest BCUT2D eigenvalue weighted by Gasteiger charge is -2.38. The molecule has 9 nitrogen and oxygen atoms in total. The SMILES string of the molecule is Cc1c(C(=O)NC2CC3CCCN(c4ccc(C(=O)N[C@@H](C)c5ccc(N6CCN(C)CC6)cc5)cn4)C3C2)cccc1N(C)C. The van der Waals surface area contributed by atoms with Gasteiger partial charge in [-0.2, -0.15) is 0 Å². The molecule has 9 heteroatoms. The van der Waals surface area contributed by atoms with E-state index < -0.39 is 0 Å². The number of pyridine rings is 1. The molecule has 3 aromatic rings. The van der Waals surface area contributed by atoms with Crippen LogP contribution in [0, 0.1) is 12.8 Å². The fourth-order valence-electron chi connectivity index (χ4n) is 7.60. The molecule has 1 saturated carbocycles. The average Bonchev–Trinajstić information content (AvgIpc) is 3.47. The van der Waals surface area contributed by atoms with Gasteiger partial charge < -0.3 is 30.2 Å². The maximum Gasteiger partial charge on any atom is 0.253 e. The molecule has 1 aliphatic carbocycles. The first kappa shape index (κ1) is 31.9. The number of aromatic nitrogens is 1. The van der Waals surface area contributed by atoms with Crippen LogP contribution in [0.5, 0.6) is 0 Å². The van der Waals surface area contributed by atoms with Gasteiger partial charge in [-0.25, -0.2) is 4.98 Å². The highest BCUT2D eigenvalue weighted by atomic mass is 16.2. The summed E-state index contributed by atoms with van der Waals surface area (Å²) >= 11 is 0. The van der Waals surface area contributed by atoms with E-state index in [1.165, 1.54) is 5.69 Å². The van der Waals surface area contributed by atoms with Gasteiger partial charge in [0.25, 0.3) is 11.8 Å². The van der Waals surface area contributed by atoms with E-state index in [9.17, 15) is 9.59 Å². The number of carbonyl (C=O) groups is 2. The van der Waals surface area contributed by atoms with Crippen LogP contribution in [0.1, 0.15) is 70.5 Å². The van der Waals surface area contributed by atoms with Gasteiger partial charge in [-0.1, -0.05) is 18.2 Å². The summed E-state index contributed by atoms with van der Waals surface area (Å²) < 4.78 is 0. The largest absolute Gasteiger partial charge is 0.377 e. The van der Waals surface area contributed by atoms with Gasteiger partial charge in [0.05, 0.1) is 11.6 Å². The maximum absolute atomic E-state index is 13.3. The summed E-state index contributed by atoms with van der Waals surface area (Å²) in [6.07, 6.45) is 5.84. The lowest BCUT2D eigenvalue weighted by atomic mass is 9.92.